The Kier molecular flexibility index (Phi) is 5.81. The fourth-order valence-electron chi connectivity index (χ4n) is 3.62. The van der Waals surface area contributed by atoms with Crippen molar-refractivity contribution in [3.05, 3.63) is 48.7 Å². The van der Waals surface area contributed by atoms with E-state index < -0.39 is 18.0 Å². The van der Waals surface area contributed by atoms with Gasteiger partial charge in [-0.25, -0.2) is 22.8 Å². The van der Waals surface area contributed by atoms with E-state index >= 15 is 0 Å². The zero-order valence-electron chi connectivity index (χ0n) is 16.9. The summed E-state index contributed by atoms with van der Waals surface area (Å²) in [4.78, 5) is 12.9. The normalized spacial score (nSPS) is 19.7. The Labute approximate surface area is 176 Å². The molecule has 1 aliphatic heterocycles. The van der Waals surface area contributed by atoms with Crippen molar-refractivity contribution < 1.29 is 13.2 Å². The zero-order chi connectivity index (χ0) is 22.0. The molecule has 162 valence electrons. The van der Waals surface area contributed by atoms with Gasteiger partial charge in [-0.3, -0.25) is 15.4 Å². The number of hydrogen-bond donors (Lipinski definition) is 2. The summed E-state index contributed by atoms with van der Waals surface area (Å²) in [5.74, 6) is -4.40. The number of pyridine rings is 1. The molecule has 3 aromatic heterocycles. The Morgan fingerprint density at radius 2 is 2.16 bits per heavy atom. The minimum absolute atomic E-state index is 0.0109. The average molecular weight is 429 g/mol. The van der Waals surface area contributed by atoms with E-state index in [-0.39, 0.29) is 31.8 Å². The van der Waals surface area contributed by atoms with Crippen molar-refractivity contribution in [2.45, 2.75) is 31.9 Å². The SMILES string of the molecule is Cc1cncc(-c2cc3c(cn2)cnn3C(=N)/C=C\CC(F)C2CNCCC2(F)F)n1. The van der Waals surface area contributed by atoms with Crippen LogP contribution >= 0.6 is 0 Å². The molecule has 1 fully saturated rings. The van der Waals surface area contributed by atoms with Crippen molar-refractivity contribution in [1.82, 2.24) is 30.0 Å². The third kappa shape index (κ3) is 4.48. The van der Waals surface area contributed by atoms with Crippen molar-refractivity contribution in [3.63, 3.8) is 0 Å². The summed E-state index contributed by atoms with van der Waals surface area (Å²) in [5.41, 5.74) is 2.56. The number of piperidine rings is 1. The number of aryl methyl sites for hydroxylation is 1. The van der Waals surface area contributed by atoms with Crippen molar-refractivity contribution in [2.24, 2.45) is 5.92 Å². The topological polar surface area (TPSA) is 92.4 Å². The highest BCUT2D eigenvalue weighted by atomic mass is 19.3. The molecule has 31 heavy (non-hydrogen) atoms. The van der Waals surface area contributed by atoms with Crippen LogP contribution in [0.3, 0.4) is 0 Å². The summed E-state index contributed by atoms with van der Waals surface area (Å²) in [6.07, 6.45) is 6.96. The van der Waals surface area contributed by atoms with E-state index in [1.54, 1.807) is 30.9 Å². The molecular weight excluding hydrogens is 407 g/mol. The standard InChI is InChI=1S/C21H22F3N7/c1-13-8-27-12-18(30-13)17-7-19-14(9-28-17)10-29-31(19)20(25)4-2-3-16(22)15-11-26-6-5-21(15,23)24/h2,4,7-10,12,15-16,25-26H,3,5-6,11H2,1H3/b4-2-,25-20?. The molecule has 0 aromatic carbocycles. The number of hydrogen-bond acceptors (Lipinski definition) is 6. The van der Waals surface area contributed by atoms with Gasteiger partial charge in [-0.05, 0) is 25.5 Å². The van der Waals surface area contributed by atoms with Crippen LogP contribution in [0, 0.1) is 18.3 Å². The number of allylic oxidation sites excluding steroid dienone is 2. The number of fused-ring (bicyclic) bond motifs is 1. The maximum absolute atomic E-state index is 14.4. The van der Waals surface area contributed by atoms with E-state index in [1.807, 2.05) is 6.92 Å². The van der Waals surface area contributed by atoms with Gasteiger partial charge in [0.2, 0.25) is 0 Å². The highest BCUT2D eigenvalue weighted by molar-refractivity contribution is 5.98. The monoisotopic (exact) mass is 429 g/mol. The lowest BCUT2D eigenvalue weighted by Crippen LogP contribution is -2.48. The van der Waals surface area contributed by atoms with E-state index in [0.29, 0.717) is 16.9 Å². The number of aromatic nitrogens is 5. The van der Waals surface area contributed by atoms with Crippen molar-refractivity contribution in [3.8, 4) is 11.4 Å². The minimum atomic E-state index is -3.02. The first-order valence-corrected chi connectivity index (χ1v) is 9.96. The number of halogens is 3. The predicted octanol–water partition coefficient (Wildman–Crippen LogP) is 3.55. The third-order valence-corrected chi connectivity index (χ3v) is 5.31. The van der Waals surface area contributed by atoms with Crippen molar-refractivity contribution >= 4 is 16.7 Å². The second-order valence-corrected chi connectivity index (χ2v) is 7.59. The third-order valence-electron chi connectivity index (χ3n) is 5.31. The van der Waals surface area contributed by atoms with Crippen LogP contribution in [0.4, 0.5) is 13.2 Å². The molecule has 0 saturated carbocycles. The van der Waals surface area contributed by atoms with Crippen LogP contribution < -0.4 is 5.32 Å². The van der Waals surface area contributed by atoms with Crippen LogP contribution in [0.2, 0.25) is 0 Å². The molecule has 4 heterocycles. The molecule has 0 amide bonds. The van der Waals surface area contributed by atoms with E-state index in [2.05, 4.69) is 25.4 Å². The molecule has 2 N–H and O–H groups in total. The molecule has 3 aromatic rings. The van der Waals surface area contributed by atoms with Gasteiger partial charge < -0.3 is 5.32 Å². The van der Waals surface area contributed by atoms with E-state index in [9.17, 15) is 13.2 Å². The fourth-order valence-corrected chi connectivity index (χ4v) is 3.62. The maximum Gasteiger partial charge on any atom is 0.256 e. The molecule has 0 aliphatic carbocycles. The van der Waals surface area contributed by atoms with Crippen LogP contribution in [0.5, 0.6) is 0 Å². The molecule has 2 atom stereocenters. The fraction of sp³-hybridized carbons (Fsp3) is 0.381. The maximum atomic E-state index is 14.4. The lowest BCUT2D eigenvalue weighted by Gasteiger charge is -2.33. The van der Waals surface area contributed by atoms with Crippen LogP contribution in [0.15, 0.2) is 43.0 Å². The first kappa shape index (κ1) is 21.1. The van der Waals surface area contributed by atoms with E-state index in [4.69, 9.17) is 5.41 Å². The average Bonchev–Trinajstić information content (AvgIpc) is 3.16. The Morgan fingerprint density at radius 3 is 2.94 bits per heavy atom. The minimum Gasteiger partial charge on any atom is -0.316 e. The van der Waals surface area contributed by atoms with Crippen LogP contribution in [-0.2, 0) is 0 Å². The van der Waals surface area contributed by atoms with Gasteiger partial charge in [0.1, 0.15) is 17.7 Å². The first-order chi connectivity index (χ1) is 14.8. The summed E-state index contributed by atoms with van der Waals surface area (Å²) >= 11 is 0. The van der Waals surface area contributed by atoms with Gasteiger partial charge in [-0.1, -0.05) is 6.08 Å². The second kappa shape index (κ2) is 8.54. The Hall–Kier alpha value is -3.14. The summed E-state index contributed by atoms with van der Waals surface area (Å²) in [6, 6.07) is 1.75. The molecule has 7 nitrogen and oxygen atoms in total. The van der Waals surface area contributed by atoms with Gasteiger partial charge in [0, 0.05) is 37.3 Å². The smallest absolute Gasteiger partial charge is 0.256 e. The molecular formula is C21H22F3N7. The number of alkyl halides is 3. The van der Waals surface area contributed by atoms with Gasteiger partial charge in [-0.2, -0.15) is 5.10 Å². The highest BCUT2D eigenvalue weighted by Gasteiger charge is 2.45. The largest absolute Gasteiger partial charge is 0.316 e. The molecule has 0 spiro atoms. The first-order valence-electron chi connectivity index (χ1n) is 9.96. The van der Waals surface area contributed by atoms with Crippen LogP contribution in [0.25, 0.3) is 22.3 Å². The van der Waals surface area contributed by atoms with Gasteiger partial charge in [-0.15, -0.1) is 0 Å². The summed E-state index contributed by atoms with van der Waals surface area (Å²) in [6.45, 7) is 1.96. The molecule has 0 radical (unpaired) electrons. The van der Waals surface area contributed by atoms with Crippen LogP contribution in [0.1, 0.15) is 18.5 Å². The Balaban J connectivity index is 1.50. The number of rotatable bonds is 5. The van der Waals surface area contributed by atoms with Gasteiger partial charge >= 0.3 is 0 Å². The highest BCUT2D eigenvalue weighted by Crippen LogP contribution is 2.35. The molecule has 4 rings (SSSR count). The van der Waals surface area contributed by atoms with E-state index in [1.165, 1.54) is 16.8 Å². The molecule has 10 heteroatoms. The molecule has 0 bridgehead atoms. The van der Waals surface area contributed by atoms with E-state index in [0.717, 1.165) is 11.1 Å². The van der Waals surface area contributed by atoms with Crippen molar-refractivity contribution in [2.75, 3.05) is 13.1 Å². The van der Waals surface area contributed by atoms with Gasteiger partial charge in [0.15, 0.2) is 0 Å². The molecule has 2 unspecified atom stereocenters. The number of nitrogens with one attached hydrogen (secondary N) is 2. The quantitative estimate of drug-likeness (QED) is 0.478. The van der Waals surface area contributed by atoms with Crippen molar-refractivity contribution in [1.29, 1.82) is 5.41 Å². The summed E-state index contributed by atoms with van der Waals surface area (Å²) in [7, 11) is 0. The van der Waals surface area contributed by atoms with Gasteiger partial charge in [0.05, 0.1) is 35.2 Å². The molecule has 1 aliphatic rings. The van der Waals surface area contributed by atoms with Crippen LogP contribution in [-0.4, -0.2) is 55.8 Å². The summed E-state index contributed by atoms with van der Waals surface area (Å²) in [5, 5.41) is 16.0. The second-order valence-electron chi connectivity index (χ2n) is 7.59. The lowest BCUT2D eigenvalue weighted by atomic mass is 9.89. The zero-order valence-corrected chi connectivity index (χ0v) is 16.9. The Bertz CT molecular complexity index is 1130. The lowest BCUT2D eigenvalue weighted by molar-refractivity contribution is -0.103. The summed E-state index contributed by atoms with van der Waals surface area (Å²) < 4.78 is 43.7. The molecule has 1 saturated heterocycles. The predicted molar refractivity (Wildman–Crippen MR) is 111 cm³/mol. The van der Waals surface area contributed by atoms with Gasteiger partial charge in [0.25, 0.3) is 5.92 Å². The number of nitrogens with zero attached hydrogens (tertiary/aromatic N) is 5. The Morgan fingerprint density at radius 1 is 1.32 bits per heavy atom.